The summed E-state index contributed by atoms with van der Waals surface area (Å²) in [6, 6.07) is 0. The Balaban J connectivity index is 1.93. The molecule has 1 fully saturated rings. The highest BCUT2D eigenvalue weighted by Crippen LogP contribution is 2.44. The Morgan fingerprint density at radius 3 is 2.71 bits per heavy atom. The van der Waals surface area contributed by atoms with Crippen molar-refractivity contribution in [3.8, 4) is 5.88 Å². The molecule has 1 aromatic rings. The third kappa shape index (κ3) is 3.10. The van der Waals surface area contributed by atoms with Crippen molar-refractivity contribution in [2.24, 2.45) is 5.41 Å². The van der Waals surface area contributed by atoms with Crippen LogP contribution in [0.4, 0.5) is 5.13 Å². The summed E-state index contributed by atoms with van der Waals surface area (Å²) in [5.41, 5.74) is 0.544. The maximum Gasteiger partial charge on any atom is 0.230 e. The largest absolute Gasteiger partial charge is 0.480 e. The predicted molar refractivity (Wildman–Crippen MR) is 72.0 cm³/mol. The van der Waals surface area contributed by atoms with Crippen molar-refractivity contribution in [2.75, 3.05) is 32.6 Å². The van der Waals surface area contributed by atoms with Crippen molar-refractivity contribution in [2.45, 2.75) is 26.3 Å². The van der Waals surface area contributed by atoms with Gasteiger partial charge >= 0.3 is 0 Å². The molecule has 0 spiro atoms. The molecule has 2 rings (SSSR count). The van der Waals surface area contributed by atoms with Gasteiger partial charge in [0.25, 0.3) is 0 Å². The average molecular weight is 255 g/mol. The van der Waals surface area contributed by atoms with E-state index in [-0.39, 0.29) is 0 Å². The summed E-state index contributed by atoms with van der Waals surface area (Å²) in [6.07, 6.45) is 2.70. The van der Waals surface area contributed by atoms with E-state index in [1.54, 1.807) is 18.4 Å². The standard InChI is InChI=1S/C12H21N3OS/c1-12(5-6-12)8-13-7-9-10(16-4)14-11(17-9)15(2)3/h13H,5-8H2,1-4H3. The second kappa shape index (κ2) is 4.82. The summed E-state index contributed by atoms with van der Waals surface area (Å²) in [6.45, 7) is 4.27. The number of methoxy groups -OCH3 is 1. The highest BCUT2D eigenvalue weighted by molar-refractivity contribution is 7.15. The molecule has 1 saturated carbocycles. The third-order valence-corrected chi connectivity index (χ3v) is 4.37. The summed E-state index contributed by atoms with van der Waals surface area (Å²) in [4.78, 5) is 7.63. The fourth-order valence-electron chi connectivity index (χ4n) is 1.66. The van der Waals surface area contributed by atoms with Crippen LogP contribution in [0.1, 0.15) is 24.6 Å². The van der Waals surface area contributed by atoms with E-state index in [4.69, 9.17) is 4.74 Å². The molecule has 0 atom stereocenters. The average Bonchev–Trinajstić information content (AvgIpc) is 2.87. The molecule has 0 bridgehead atoms. The Kier molecular flexibility index (Phi) is 3.58. The second-order valence-corrected chi connectivity index (χ2v) is 6.30. The maximum atomic E-state index is 5.31. The van der Waals surface area contributed by atoms with Crippen LogP contribution in [0, 0.1) is 5.41 Å². The van der Waals surface area contributed by atoms with E-state index in [9.17, 15) is 0 Å². The van der Waals surface area contributed by atoms with E-state index >= 15 is 0 Å². The highest BCUT2D eigenvalue weighted by Gasteiger charge is 2.36. The van der Waals surface area contributed by atoms with Gasteiger partial charge in [-0.25, -0.2) is 0 Å². The molecule has 4 nitrogen and oxygen atoms in total. The zero-order valence-electron chi connectivity index (χ0n) is 11.0. The van der Waals surface area contributed by atoms with Crippen LogP contribution in [0.25, 0.3) is 0 Å². The molecule has 0 radical (unpaired) electrons. The van der Waals surface area contributed by atoms with Crippen LogP contribution in [0.2, 0.25) is 0 Å². The van der Waals surface area contributed by atoms with Gasteiger partial charge in [0.1, 0.15) is 0 Å². The molecule has 0 unspecified atom stereocenters. The van der Waals surface area contributed by atoms with Gasteiger partial charge in [0.15, 0.2) is 5.13 Å². The Morgan fingerprint density at radius 2 is 2.18 bits per heavy atom. The van der Waals surface area contributed by atoms with Gasteiger partial charge in [-0.1, -0.05) is 18.3 Å². The molecule has 1 aliphatic carbocycles. The number of thiazole rings is 1. The van der Waals surface area contributed by atoms with Gasteiger partial charge in [-0.15, -0.1) is 0 Å². The maximum absolute atomic E-state index is 5.31. The molecular weight excluding hydrogens is 234 g/mol. The molecule has 5 heteroatoms. The van der Waals surface area contributed by atoms with Gasteiger partial charge in [0.05, 0.1) is 12.0 Å². The Labute approximate surface area is 107 Å². The number of hydrogen-bond acceptors (Lipinski definition) is 5. The van der Waals surface area contributed by atoms with Crippen LogP contribution in [0.5, 0.6) is 5.88 Å². The number of ether oxygens (including phenoxy) is 1. The summed E-state index contributed by atoms with van der Waals surface area (Å²) < 4.78 is 5.31. The van der Waals surface area contributed by atoms with Crippen LogP contribution < -0.4 is 15.0 Å². The number of rotatable bonds is 6. The van der Waals surface area contributed by atoms with Crippen LogP contribution in [0.3, 0.4) is 0 Å². The molecule has 0 amide bonds. The summed E-state index contributed by atoms with van der Waals surface area (Å²) >= 11 is 1.69. The fourth-order valence-corrected chi connectivity index (χ4v) is 2.58. The first-order valence-corrected chi connectivity index (χ1v) is 6.77. The summed E-state index contributed by atoms with van der Waals surface area (Å²) in [5.74, 6) is 0.757. The fraction of sp³-hybridized carbons (Fsp3) is 0.750. The lowest BCUT2D eigenvalue weighted by atomic mass is 10.1. The number of nitrogens with zero attached hydrogens (tertiary/aromatic N) is 2. The molecule has 1 aliphatic rings. The molecule has 17 heavy (non-hydrogen) atoms. The quantitative estimate of drug-likeness (QED) is 0.845. The van der Waals surface area contributed by atoms with Crippen LogP contribution in [-0.2, 0) is 6.54 Å². The van der Waals surface area contributed by atoms with Crippen molar-refractivity contribution in [3.63, 3.8) is 0 Å². The molecule has 1 aromatic heterocycles. The second-order valence-electron chi connectivity index (χ2n) is 5.24. The molecule has 96 valence electrons. The normalized spacial score (nSPS) is 16.9. The lowest BCUT2D eigenvalue weighted by molar-refractivity contribution is 0.393. The Morgan fingerprint density at radius 1 is 1.47 bits per heavy atom. The summed E-state index contributed by atoms with van der Waals surface area (Å²) in [5, 5.41) is 4.50. The topological polar surface area (TPSA) is 37.4 Å². The predicted octanol–water partition coefficient (Wildman–Crippen LogP) is 2.11. The SMILES string of the molecule is COc1nc(N(C)C)sc1CNCC1(C)CC1. The van der Waals surface area contributed by atoms with Crippen molar-refractivity contribution < 1.29 is 4.74 Å². The number of aromatic nitrogens is 1. The minimum absolute atomic E-state index is 0.544. The first kappa shape index (κ1) is 12.6. The molecule has 0 aromatic carbocycles. The van der Waals surface area contributed by atoms with E-state index in [0.717, 1.165) is 24.1 Å². The van der Waals surface area contributed by atoms with E-state index in [2.05, 4.69) is 17.2 Å². The highest BCUT2D eigenvalue weighted by atomic mass is 32.1. The van der Waals surface area contributed by atoms with Gasteiger partial charge in [0.2, 0.25) is 5.88 Å². The first-order chi connectivity index (χ1) is 8.04. The number of hydrogen-bond donors (Lipinski definition) is 1. The number of nitrogens with one attached hydrogen (secondary N) is 1. The minimum atomic E-state index is 0.544. The van der Waals surface area contributed by atoms with Gasteiger partial charge < -0.3 is 15.0 Å². The summed E-state index contributed by atoms with van der Waals surface area (Å²) in [7, 11) is 5.68. The van der Waals surface area contributed by atoms with Gasteiger partial charge in [-0.05, 0) is 18.3 Å². The van der Waals surface area contributed by atoms with Crippen molar-refractivity contribution in [1.29, 1.82) is 0 Å². The smallest absolute Gasteiger partial charge is 0.230 e. The van der Waals surface area contributed by atoms with E-state index in [1.165, 1.54) is 17.7 Å². The van der Waals surface area contributed by atoms with Gasteiger partial charge in [-0.3, -0.25) is 0 Å². The Hall–Kier alpha value is -0.810. The van der Waals surface area contributed by atoms with Crippen molar-refractivity contribution in [1.82, 2.24) is 10.3 Å². The lowest BCUT2D eigenvalue weighted by Crippen LogP contribution is -2.21. The lowest BCUT2D eigenvalue weighted by Gasteiger charge is -2.09. The first-order valence-electron chi connectivity index (χ1n) is 5.96. The van der Waals surface area contributed by atoms with Crippen LogP contribution >= 0.6 is 11.3 Å². The van der Waals surface area contributed by atoms with E-state index in [1.807, 2.05) is 19.0 Å². The zero-order chi connectivity index (χ0) is 12.5. The molecule has 1 N–H and O–H groups in total. The Bertz CT molecular complexity index is 385. The van der Waals surface area contributed by atoms with Gasteiger partial charge in [-0.2, -0.15) is 4.98 Å². The van der Waals surface area contributed by atoms with Crippen molar-refractivity contribution >= 4 is 16.5 Å². The zero-order valence-corrected chi connectivity index (χ0v) is 11.9. The molecule has 0 aliphatic heterocycles. The van der Waals surface area contributed by atoms with Crippen LogP contribution in [0.15, 0.2) is 0 Å². The third-order valence-electron chi connectivity index (χ3n) is 3.17. The monoisotopic (exact) mass is 255 g/mol. The molecular formula is C12H21N3OS. The van der Waals surface area contributed by atoms with E-state index < -0.39 is 0 Å². The van der Waals surface area contributed by atoms with Crippen molar-refractivity contribution in [3.05, 3.63) is 4.88 Å². The number of anilines is 1. The van der Waals surface area contributed by atoms with E-state index in [0.29, 0.717) is 5.41 Å². The molecule has 0 saturated heterocycles. The molecule has 1 heterocycles. The minimum Gasteiger partial charge on any atom is -0.480 e. The van der Waals surface area contributed by atoms with Crippen LogP contribution in [-0.4, -0.2) is 32.7 Å². The van der Waals surface area contributed by atoms with Gasteiger partial charge in [0, 0.05) is 27.2 Å².